The fourth-order valence-electron chi connectivity index (χ4n) is 3.05. The van der Waals surface area contributed by atoms with Crippen molar-refractivity contribution in [2.24, 2.45) is 10.7 Å². The predicted octanol–water partition coefficient (Wildman–Crippen LogP) is 4.00. The number of thioether (sulfide) groups is 1. The lowest BCUT2D eigenvalue weighted by Gasteiger charge is -2.30. The SMILES string of the molecule is C.CC#CCCOc1cnc(C(=O)Cc2cccc([C@]3(C)CCSC(N)=N3)c2)cn1. The molecular formula is C23H28N4O2S. The van der Waals surface area contributed by atoms with E-state index < -0.39 is 0 Å². The first-order valence-corrected chi connectivity index (χ1v) is 10.4. The smallest absolute Gasteiger partial charge is 0.232 e. The maximum Gasteiger partial charge on any atom is 0.232 e. The first-order chi connectivity index (χ1) is 14.0. The van der Waals surface area contributed by atoms with Gasteiger partial charge in [0.2, 0.25) is 5.88 Å². The molecule has 0 spiro atoms. The summed E-state index contributed by atoms with van der Waals surface area (Å²) in [6.07, 6.45) is 4.72. The van der Waals surface area contributed by atoms with E-state index in [4.69, 9.17) is 10.5 Å². The van der Waals surface area contributed by atoms with Crippen LogP contribution in [0.4, 0.5) is 0 Å². The quantitative estimate of drug-likeness (QED) is 0.410. The molecule has 1 aromatic heterocycles. The molecule has 2 heterocycles. The Balaban J connectivity index is 0.00000320. The van der Waals surface area contributed by atoms with Crippen LogP contribution in [0.5, 0.6) is 5.88 Å². The summed E-state index contributed by atoms with van der Waals surface area (Å²) in [6.45, 7) is 4.31. The molecule has 2 N–H and O–H groups in total. The number of nitrogens with two attached hydrogens (primary N) is 1. The van der Waals surface area contributed by atoms with Crippen LogP contribution in [0.25, 0.3) is 0 Å². The van der Waals surface area contributed by atoms with E-state index in [1.165, 1.54) is 12.4 Å². The third-order valence-corrected chi connectivity index (χ3v) is 5.47. The van der Waals surface area contributed by atoms with E-state index >= 15 is 0 Å². The molecule has 7 heteroatoms. The lowest BCUT2D eigenvalue weighted by atomic mass is 9.88. The molecule has 0 bridgehead atoms. The van der Waals surface area contributed by atoms with Gasteiger partial charge in [-0.25, -0.2) is 9.97 Å². The van der Waals surface area contributed by atoms with Crippen molar-refractivity contribution < 1.29 is 9.53 Å². The van der Waals surface area contributed by atoms with E-state index in [1.807, 2.05) is 24.3 Å². The van der Waals surface area contributed by atoms with Crippen molar-refractivity contribution in [3.63, 3.8) is 0 Å². The van der Waals surface area contributed by atoms with Gasteiger partial charge >= 0.3 is 0 Å². The topological polar surface area (TPSA) is 90.5 Å². The van der Waals surface area contributed by atoms with E-state index in [9.17, 15) is 4.79 Å². The van der Waals surface area contributed by atoms with Crippen molar-refractivity contribution in [3.8, 4) is 17.7 Å². The van der Waals surface area contributed by atoms with Gasteiger partial charge in [-0.1, -0.05) is 43.5 Å². The molecule has 2 aromatic rings. The van der Waals surface area contributed by atoms with Gasteiger partial charge < -0.3 is 10.5 Å². The summed E-state index contributed by atoms with van der Waals surface area (Å²) in [6, 6.07) is 7.97. The van der Waals surface area contributed by atoms with Crippen LogP contribution < -0.4 is 10.5 Å². The molecule has 6 nitrogen and oxygen atoms in total. The highest BCUT2D eigenvalue weighted by Gasteiger charge is 2.29. The van der Waals surface area contributed by atoms with Crippen molar-refractivity contribution in [2.45, 2.75) is 46.1 Å². The molecule has 3 rings (SSSR count). The largest absolute Gasteiger partial charge is 0.476 e. The van der Waals surface area contributed by atoms with Crippen molar-refractivity contribution in [1.29, 1.82) is 0 Å². The molecule has 0 unspecified atom stereocenters. The number of hydrogen-bond acceptors (Lipinski definition) is 7. The lowest BCUT2D eigenvalue weighted by molar-refractivity contribution is 0.0987. The molecule has 0 fully saturated rings. The van der Waals surface area contributed by atoms with Crippen LogP contribution in [0.15, 0.2) is 41.7 Å². The zero-order chi connectivity index (χ0) is 20.7. The Morgan fingerprint density at radius 1 is 1.33 bits per heavy atom. The van der Waals surface area contributed by atoms with Crippen LogP contribution >= 0.6 is 11.8 Å². The summed E-state index contributed by atoms with van der Waals surface area (Å²) in [7, 11) is 0. The summed E-state index contributed by atoms with van der Waals surface area (Å²) < 4.78 is 5.45. The molecule has 0 radical (unpaired) electrons. The number of aromatic nitrogens is 2. The molecule has 1 aliphatic heterocycles. The zero-order valence-corrected chi connectivity index (χ0v) is 17.5. The molecule has 0 amide bonds. The lowest BCUT2D eigenvalue weighted by Crippen LogP contribution is -2.28. The third kappa shape index (κ3) is 6.07. The van der Waals surface area contributed by atoms with Crippen LogP contribution in [0.1, 0.15) is 55.7 Å². The van der Waals surface area contributed by atoms with Crippen LogP contribution in [-0.4, -0.2) is 33.3 Å². The third-order valence-electron chi connectivity index (χ3n) is 4.68. The zero-order valence-electron chi connectivity index (χ0n) is 16.6. The van der Waals surface area contributed by atoms with Gasteiger partial charge in [-0.2, -0.15) is 0 Å². The van der Waals surface area contributed by atoms with Gasteiger partial charge in [-0.3, -0.25) is 9.79 Å². The van der Waals surface area contributed by atoms with Crippen molar-refractivity contribution in [2.75, 3.05) is 12.4 Å². The summed E-state index contributed by atoms with van der Waals surface area (Å²) in [5.41, 5.74) is 7.88. The number of benzene rings is 1. The fourth-order valence-corrected chi connectivity index (χ4v) is 4.03. The molecule has 1 aromatic carbocycles. The minimum Gasteiger partial charge on any atom is -0.476 e. The molecule has 0 saturated heterocycles. The highest BCUT2D eigenvalue weighted by atomic mass is 32.2. The van der Waals surface area contributed by atoms with E-state index in [0.29, 0.717) is 29.8 Å². The second kappa shape index (κ2) is 10.8. The highest BCUT2D eigenvalue weighted by Crippen LogP contribution is 2.35. The average Bonchev–Trinajstić information content (AvgIpc) is 2.72. The molecule has 0 aliphatic carbocycles. The molecule has 1 aliphatic rings. The Bertz CT molecular complexity index is 963. The number of ether oxygens (including phenoxy) is 1. The standard InChI is InChI=1S/C22H24N4O2S.CH4/c1-3-4-5-10-28-20-15-24-18(14-25-20)19(27)13-16-7-6-8-17(12-16)22(2)9-11-29-21(23)26-22;/h6-8,12,14-15H,5,9-11,13H2,1-2H3,(H2,23,26);1H4/t22-;/m0./s1. The Morgan fingerprint density at radius 3 is 2.87 bits per heavy atom. The van der Waals surface area contributed by atoms with Crippen molar-refractivity contribution in [3.05, 3.63) is 53.5 Å². The monoisotopic (exact) mass is 424 g/mol. The van der Waals surface area contributed by atoms with Crippen LogP contribution in [0.3, 0.4) is 0 Å². The number of amidine groups is 1. The molecule has 0 saturated carbocycles. The van der Waals surface area contributed by atoms with Gasteiger partial charge in [0, 0.05) is 18.6 Å². The Hall–Kier alpha value is -2.85. The highest BCUT2D eigenvalue weighted by molar-refractivity contribution is 8.13. The van der Waals surface area contributed by atoms with E-state index in [0.717, 1.165) is 23.3 Å². The van der Waals surface area contributed by atoms with Gasteiger partial charge in [0.05, 0.1) is 17.9 Å². The molecule has 30 heavy (non-hydrogen) atoms. The fraction of sp³-hybridized carbons (Fsp3) is 0.391. The minimum absolute atomic E-state index is 0. The number of hydrogen-bond donors (Lipinski definition) is 1. The molecule has 158 valence electrons. The number of carbonyl (C=O) groups excluding carboxylic acids is 1. The number of nitrogens with zero attached hydrogens (tertiary/aromatic N) is 3. The van der Waals surface area contributed by atoms with Crippen molar-refractivity contribution in [1.82, 2.24) is 9.97 Å². The Morgan fingerprint density at radius 2 is 2.17 bits per heavy atom. The molecule has 1 atom stereocenters. The van der Waals surface area contributed by atoms with Crippen LogP contribution in [0, 0.1) is 11.8 Å². The van der Waals surface area contributed by atoms with Crippen LogP contribution in [0.2, 0.25) is 0 Å². The van der Waals surface area contributed by atoms with Gasteiger partial charge in [-0.15, -0.1) is 11.8 Å². The van der Waals surface area contributed by atoms with Crippen molar-refractivity contribution >= 4 is 22.7 Å². The number of carbonyl (C=O) groups is 1. The van der Waals surface area contributed by atoms with Gasteiger partial charge in [-0.05, 0) is 31.4 Å². The first kappa shape index (κ1) is 23.4. The predicted molar refractivity (Wildman–Crippen MR) is 123 cm³/mol. The summed E-state index contributed by atoms with van der Waals surface area (Å²) >= 11 is 1.58. The first-order valence-electron chi connectivity index (χ1n) is 9.45. The Kier molecular flexibility index (Phi) is 8.43. The maximum absolute atomic E-state index is 12.6. The van der Waals surface area contributed by atoms with E-state index in [2.05, 4.69) is 33.7 Å². The number of aliphatic imine (C=N–C) groups is 1. The number of Topliss-reactive ketones (excluding diaryl/α,β-unsaturated/α-hetero) is 1. The normalized spacial score (nSPS) is 17.7. The second-order valence-corrected chi connectivity index (χ2v) is 8.00. The maximum atomic E-state index is 12.6. The minimum atomic E-state index is -0.352. The molecular weight excluding hydrogens is 396 g/mol. The summed E-state index contributed by atoms with van der Waals surface area (Å²) in [5.74, 6) is 6.95. The van der Waals surface area contributed by atoms with Gasteiger partial charge in [0.1, 0.15) is 12.3 Å². The second-order valence-electron chi connectivity index (χ2n) is 6.89. The van der Waals surface area contributed by atoms with Gasteiger partial charge in [0.25, 0.3) is 0 Å². The van der Waals surface area contributed by atoms with Crippen LogP contribution in [-0.2, 0) is 12.0 Å². The average molecular weight is 425 g/mol. The van der Waals surface area contributed by atoms with Gasteiger partial charge in [0.15, 0.2) is 11.0 Å². The number of rotatable bonds is 7. The summed E-state index contributed by atoms with van der Waals surface area (Å²) in [5, 5.41) is 0.611. The van der Waals surface area contributed by atoms with E-state index in [-0.39, 0.29) is 25.2 Å². The summed E-state index contributed by atoms with van der Waals surface area (Å²) in [4.78, 5) is 25.6. The Labute approximate surface area is 182 Å². The number of ketones is 1. The van der Waals surface area contributed by atoms with E-state index in [1.54, 1.807) is 18.7 Å².